The smallest absolute Gasteiger partial charge is 0.241 e. The van der Waals surface area contributed by atoms with Gasteiger partial charge in [-0.2, -0.15) is 0 Å². The number of sulfonamides is 1. The summed E-state index contributed by atoms with van der Waals surface area (Å²) >= 11 is 1.57. The number of rotatable bonds is 8. The molecule has 0 aliphatic rings. The molecule has 0 aliphatic carbocycles. The average molecular weight is 444 g/mol. The standard InChI is InChI=1S/C21H21N3O4S2/c1-28-17-6-12-20(13-7-17)30(26,27)23-14-21(25)24-16-4-10-19(11-5-16)29-18-8-2-15(22)3-9-18/h2-13,23H,14,22H2,1H3,(H,24,25). The van der Waals surface area contributed by atoms with Crippen LogP contribution in [0.15, 0.2) is 87.5 Å². The van der Waals surface area contributed by atoms with Gasteiger partial charge in [-0.1, -0.05) is 11.8 Å². The van der Waals surface area contributed by atoms with Crippen LogP contribution in [0.4, 0.5) is 11.4 Å². The van der Waals surface area contributed by atoms with Crippen molar-refractivity contribution in [2.24, 2.45) is 0 Å². The molecule has 30 heavy (non-hydrogen) atoms. The number of carbonyl (C=O) groups is 1. The Bertz CT molecular complexity index is 1100. The van der Waals surface area contributed by atoms with Crippen LogP contribution in [0, 0.1) is 0 Å². The van der Waals surface area contributed by atoms with Crippen molar-refractivity contribution in [3.63, 3.8) is 0 Å². The van der Waals surface area contributed by atoms with E-state index in [-0.39, 0.29) is 11.4 Å². The third kappa shape index (κ3) is 5.99. The Hall–Kier alpha value is -3.01. The molecule has 4 N–H and O–H groups in total. The maximum Gasteiger partial charge on any atom is 0.241 e. The van der Waals surface area contributed by atoms with Crippen LogP contribution < -0.4 is 20.5 Å². The molecule has 0 saturated carbocycles. The number of methoxy groups -OCH3 is 1. The lowest BCUT2D eigenvalue weighted by Gasteiger charge is -2.09. The summed E-state index contributed by atoms with van der Waals surface area (Å²) in [4.78, 5) is 14.2. The number of benzene rings is 3. The fourth-order valence-electron chi connectivity index (χ4n) is 2.48. The molecule has 0 bridgehead atoms. The third-order valence-electron chi connectivity index (χ3n) is 4.05. The topological polar surface area (TPSA) is 111 Å². The van der Waals surface area contributed by atoms with Gasteiger partial charge in [-0.25, -0.2) is 13.1 Å². The van der Waals surface area contributed by atoms with E-state index in [9.17, 15) is 13.2 Å². The first-order valence-corrected chi connectivity index (χ1v) is 11.2. The third-order valence-corrected chi connectivity index (χ3v) is 6.48. The number of ether oxygens (including phenoxy) is 1. The number of carbonyl (C=O) groups excluding carboxylic acids is 1. The molecule has 3 aromatic carbocycles. The number of anilines is 2. The predicted molar refractivity (Wildman–Crippen MR) is 118 cm³/mol. The van der Waals surface area contributed by atoms with Gasteiger partial charge in [0.25, 0.3) is 0 Å². The summed E-state index contributed by atoms with van der Waals surface area (Å²) in [7, 11) is -2.30. The lowest BCUT2D eigenvalue weighted by Crippen LogP contribution is -2.32. The van der Waals surface area contributed by atoms with Crippen molar-refractivity contribution in [3.8, 4) is 5.75 Å². The Balaban J connectivity index is 1.53. The highest BCUT2D eigenvalue weighted by molar-refractivity contribution is 7.99. The molecule has 3 rings (SSSR count). The number of nitrogen functional groups attached to an aromatic ring is 1. The summed E-state index contributed by atoms with van der Waals surface area (Å²) in [6.45, 7) is -0.379. The molecule has 156 valence electrons. The van der Waals surface area contributed by atoms with Crippen LogP contribution in [-0.4, -0.2) is 28.0 Å². The van der Waals surface area contributed by atoms with Crippen LogP contribution in [-0.2, 0) is 14.8 Å². The van der Waals surface area contributed by atoms with Crippen LogP contribution in [0.5, 0.6) is 5.75 Å². The molecular formula is C21H21N3O4S2. The second-order valence-corrected chi connectivity index (χ2v) is 9.16. The van der Waals surface area contributed by atoms with Gasteiger partial charge < -0.3 is 15.8 Å². The Morgan fingerprint density at radius 1 is 0.933 bits per heavy atom. The Kier molecular flexibility index (Phi) is 6.99. The molecule has 0 fully saturated rings. The zero-order valence-electron chi connectivity index (χ0n) is 16.2. The number of hydrogen-bond donors (Lipinski definition) is 3. The van der Waals surface area contributed by atoms with Crippen molar-refractivity contribution in [3.05, 3.63) is 72.8 Å². The number of nitrogens with one attached hydrogen (secondary N) is 2. The lowest BCUT2D eigenvalue weighted by molar-refractivity contribution is -0.115. The predicted octanol–water partition coefficient (Wildman–Crippen LogP) is 3.35. The minimum atomic E-state index is -3.80. The van der Waals surface area contributed by atoms with Gasteiger partial charge in [0.2, 0.25) is 15.9 Å². The van der Waals surface area contributed by atoms with Gasteiger partial charge in [0.05, 0.1) is 18.6 Å². The van der Waals surface area contributed by atoms with Gasteiger partial charge in [0.1, 0.15) is 5.75 Å². The Labute approximate surface area is 179 Å². The number of nitrogens with two attached hydrogens (primary N) is 1. The van der Waals surface area contributed by atoms with E-state index in [0.717, 1.165) is 9.79 Å². The van der Waals surface area contributed by atoms with Gasteiger partial charge in [0, 0.05) is 21.2 Å². The van der Waals surface area contributed by atoms with Crippen LogP contribution in [0.3, 0.4) is 0 Å². The quantitative estimate of drug-likeness (QED) is 0.461. The van der Waals surface area contributed by atoms with E-state index >= 15 is 0 Å². The highest BCUT2D eigenvalue weighted by atomic mass is 32.2. The van der Waals surface area contributed by atoms with Crippen molar-refractivity contribution in [1.82, 2.24) is 4.72 Å². The molecular weight excluding hydrogens is 422 g/mol. The van der Waals surface area contributed by atoms with Gasteiger partial charge in [0.15, 0.2) is 0 Å². The van der Waals surface area contributed by atoms with E-state index in [4.69, 9.17) is 10.5 Å². The van der Waals surface area contributed by atoms with Gasteiger partial charge in [-0.15, -0.1) is 0 Å². The lowest BCUT2D eigenvalue weighted by atomic mass is 10.3. The van der Waals surface area contributed by atoms with E-state index < -0.39 is 15.9 Å². The minimum Gasteiger partial charge on any atom is -0.497 e. The second kappa shape index (κ2) is 9.66. The summed E-state index contributed by atoms with van der Waals surface area (Å²) in [6, 6.07) is 20.7. The molecule has 0 aliphatic heterocycles. The van der Waals surface area contributed by atoms with E-state index in [2.05, 4.69) is 10.0 Å². The van der Waals surface area contributed by atoms with E-state index in [1.165, 1.54) is 19.2 Å². The summed E-state index contributed by atoms with van der Waals surface area (Å²) in [5.41, 5.74) is 6.97. The zero-order chi connectivity index (χ0) is 21.6. The molecule has 9 heteroatoms. The van der Waals surface area contributed by atoms with Gasteiger partial charge in [-0.05, 0) is 72.8 Å². The van der Waals surface area contributed by atoms with Crippen LogP contribution in [0.25, 0.3) is 0 Å². The zero-order valence-corrected chi connectivity index (χ0v) is 17.8. The van der Waals surface area contributed by atoms with Crippen LogP contribution in [0.2, 0.25) is 0 Å². The monoisotopic (exact) mass is 443 g/mol. The second-order valence-electron chi connectivity index (χ2n) is 6.24. The SMILES string of the molecule is COc1ccc(S(=O)(=O)NCC(=O)Nc2ccc(Sc3ccc(N)cc3)cc2)cc1. The molecule has 0 heterocycles. The highest BCUT2D eigenvalue weighted by Gasteiger charge is 2.15. The van der Waals surface area contributed by atoms with E-state index in [1.54, 1.807) is 36.0 Å². The summed E-state index contributed by atoms with van der Waals surface area (Å²) < 4.78 is 31.9. The normalized spacial score (nSPS) is 11.1. The average Bonchev–Trinajstić information content (AvgIpc) is 2.75. The molecule has 0 spiro atoms. The first-order valence-electron chi connectivity index (χ1n) is 8.93. The molecule has 0 unspecified atom stereocenters. The Morgan fingerprint density at radius 2 is 1.50 bits per heavy atom. The van der Waals surface area contributed by atoms with Crippen molar-refractivity contribution in [2.75, 3.05) is 24.7 Å². The van der Waals surface area contributed by atoms with E-state index in [1.807, 2.05) is 36.4 Å². The van der Waals surface area contributed by atoms with Crippen LogP contribution >= 0.6 is 11.8 Å². The summed E-state index contributed by atoms with van der Waals surface area (Å²) in [6.07, 6.45) is 0. The largest absolute Gasteiger partial charge is 0.497 e. The molecule has 3 aromatic rings. The minimum absolute atomic E-state index is 0.0557. The van der Waals surface area contributed by atoms with Gasteiger partial charge >= 0.3 is 0 Å². The van der Waals surface area contributed by atoms with Crippen LogP contribution in [0.1, 0.15) is 0 Å². The summed E-state index contributed by atoms with van der Waals surface area (Å²) in [5.74, 6) is 0.0794. The first-order chi connectivity index (χ1) is 14.4. The van der Waals surface area contributed by atoms with Crippen molar-refractivity contribution in [2.45, 2.75) is 14.7 Å². The highest BCUT2D eigenvalue weighted by Crippen LogP contribution is 2.29. The van der Waals surface area contributed by atoms with E-state index in [0.29, 0.717) is 17.1 Å². The van der Waals surface area contributed by atoms with Crippen molar-refractivity contribution in [1.29, 1.82) is 0 Å². The summed E-state index contributed by atoms with van der Waals surface area (Å²) in [5, 5.41) is 2.67. The Morgan fingerprint density at radius 3 is 2.07 bits per heavy atom. The number of amides is 1. The number of hydrogen-bond acceptors (Lipinski definition) is 6. The first kappa shape index (κ1) is 21.7. The molecule has 0 saturated heterocycles. The molecule has 0 atom stereocenters. The fraction of sp³-hybridized carbons (Fsp3) is 0.0952. The fourth-order valence-corrected chi connectivity index (χ4v) is 4.28. The molecule has 1 amide bonds. The molecule has 0 aromatic heterocycles. The molecule has 0 radical (unpaired) electrons. The van der Waals surface area contributed by atoms with Crippen molar-refractivity contribution < 1.29 is 17.9 Å². The maximum atomic E-state index is 12.3. The maximum absolute atomic E-state index is 12.3. The van der Waals surface area contributed by atoms with Crippen molar-refractivity contribution >= 4 is 39.1 Å². The molecule has 7 nitrogen and oxygen atoms in total. The van der Waals surface area contributed by atoms with Gasteiger partial charge in [-0.3, -0.25) is 4.79 Å².